The summed E-state index contributed by atoms with van der Waals surface area (Å²) in [4.78, 5) is 0. The topological polar surface area (TPSA) is 9.23 Å². The zero-order valence-electron chi connectivity index (χ0n) is 7.14. The third-order valence-corrected chi connectivity index (χ3v) is 1.90. The largest absolute Gasteiger partial charge is 0.497 e. The second-order valence-corrected chi connectivity index (χ2v) is 2.62. The van der Waals surface area contributed by atoms with Gasteiger partial charge in [-0.25, -0.2) is 0 Å². The van der Waals surface area contributed by atoms with Gasteiger partial charge < -0.3 is 4.74 Å². The van der Waals surface area contributed by atoms with E-state index in [9.17, 15) is 0 Å². The molecule has 0 amide bonds. The average molecular weight is 146 g/mol. The Morgan fingerprint density at radius 1 is 1.27 bits per heavy atom. The van der Waals surface area contributed by atoms with Gasteiger partial charge >= 0.3 is 0 Å². The van der Waals surface area contributed by atoms with Crippen LogP contribution < -0.4 is 10.2 Å². The summed E-state index contributed by atoms with van der Waals surface area (Å²) in [6.45, 7) is 3.95. The molecule has 0 aliphatic carbocycles. The van der Waals surface area contributed by atoms with Gasteiger partial charge in [-0.15, -0.1) is 0 Å². The Labute approximate surface area is 68.8 Å². The van der Waals surface area contributed by atoms with E-state index in [1.54, 1.807) is 7.11 Å². The van der Waals surface area contributed by atoms with Crippen molar-refractivity contribution in [1.29, 1.82) is 0 Å². The van der Waals surface area contributed by atoms with Crippen LogP contribution in [-0.2, 0) is 0 Å². The van der Waals surface area contributed by atoms with Crippen LogP contribution in [0, 0.1) is 13.8 Å². The molecule has 0 unspecified atom stereocenters. The Kier molecular flexibility index (Phi) is 2.23. The molecule has 0 aliphatic rings. The Morgan fingerprint density at radius 2 is 1.91 bits per heavy atom. The summed E-state index contributed by atoms with van der Waals surface area (Å²) in [5, 5.41) is 0. The van der Waals surface area contributed by atoms with Gasteiger partial charge in [-0.2, -0.15) is 0 Å². The lowest BCUT2D eigenvalue weighted by molar-refractivity contribution is 0.412. The van der Waals surface area contributed by atoms with Gasteiger partial charge in [-0.05, 0) is 25.5 Å². The number of hydrogen-bond donors (Lipinski definition) is 0. The van der Waals surface area contributed by atoms with Crippen molar-refractivity contribution in [2.45, 2.75) is 13.8 Å². The molecule has 56 valence electrons. The van der Waals surface area contributed by atoms with Gasteiger partial charge in [0.05, 0.1) is 7.11 Å². The van der Waals surface area contributed by atoms with Crippen molar-refractivity contribution in [2.24, 2.45) is 0 Å². The molecule has 0 saturated carbocycles. The highest BCUT2D eigenvalue weighted by atomic mass is 16.5. The van der Waals surface area contributed by atoms with E-state index in [4.69, 9.17) is 12.6 Å². The maximum Gasteiger partial charge on any atom is 0.121 e. The summed E-state index contributed by atoms with van der Waals surface area (Å²) in [6.07, 6.45) is 0. The first-order chi connectivity index (χ1) is 5.16. The summed E-state index contributed by atoms with van der Waals surface area (Å²) in [6, 6.07) is 3.89. The van der Waals surface area contributed by atoms with Gasteiger partial charge in [-0.3, -0.25) is 0 Å². The van der Waals surface area contributed by atoms with E-state index < -0.39 is 0 Å². The molecule has 0 aliphatic heterocycles. The first kappa shape index (κ1) is 8.18. The maximum atomic E-state index is 5.78. The Balaban J connectivity index is 3.25. The maximum absolute atomic E-state index is 5.78. The zero-order valence-corrected chi connectivity index (χ0v) is 7.14. The summed E-state index contributed by atoms with van der Waals surface area (Å²) in [7, 11) is 7.43. The minimum absolute atomic E-state index is 0.823. The molecule has 0 heterocycles. The summed E-state index contributed by atoms with van der Waals surface area (Å²) < 4.78 is 5.10. The second-order valence-electron chi connectivity index (χ2n) is 2.62. The molecule has 2 radical (unpaired) electrons. The number of aryl methyl sites for hydroxylation is 1. The molecule has 1 nitrogen and oxygen atoms in total. The van der Waals surface area contributed by atoms with Crippen LogP contribution in [0.2, 0.25) is 0 Å². The third-order valence-electron chi connectivity index (χ3n) is 1.90. The van der Waals surface area contributed by atoms with Crippen molar-refractivity contribution in [3.05, 3.63) is 23.3 Å². The number of hydrogen-bond acceptors (Lipinski definition) is 1. The van der Waals surface area contributed by atoms with Gasteiger partial charge in [0.25, 0.3) is 0 Å². The first-order valence-electron chi connectivity index (χ1n) is 3.56. The average Bonchev–Trinajstić information content (AvgIpc) is 2.01. The van der Waals surface area contributed by atoms with E-state index in [0.29, 0.717) is 0 Å². The predicted octanol–water partition coefficient (Wildman–Crippen LogP) is 1.11. The van der Waals surface area contributed by atoms with Crippen LogP contribution in [-0.4, -0.2) is 15.0 Å². The van der Waals surface area contributed by atoms with Crippen LogP contribution in [0.25, 0.3) is 0 Å². The molecular weight excluding hydrogens is 135 g/mol. The molecule has 0 spiro atoms. The van der Waals surface area contributed by atoms with Crippen molar-refractivity contribution < 1.29 is 4.74 Å². The molecular formula is C9H11BO. The van der Waals surface area contributed by atoms with Gasteiger partial charge in [0, 0.05) is 0 Å². The summed E-state index contributed by atoms with van der Waals surface area (Å²) in [5.41, 5.74) is 2.94. The number of methoxy groups -OCH3 is 1. The van der Waals surface area contributed by atoms with Gasteiger partial charge in [0.1, 0.15) is 13.6 Å². The van der Waals surface area contributed by atoms with E-state index in [-0.39, 0.29) is 0 Å². The van der Waals surface area contributed by atoms with E-state index >= 15 is 0 Å². The minimum atomic E-state index is 0.823. The van der Waals surface area contributed by atoms with Crippen LogP contribution in [0.1, 0.15) is 11.1 Å². The standard InChI is InChI=1S/C9H11BO/c1-6-4-5-8(11-3)7(2)9(6)10/h4-5H,1-3H3. The number of ether oxygens (including phenoxy) is 1. The molecule has 1 aromatic carbocycles. The van der Waals surface area contributed by atoms with E-state index in [1.807, 2.05) is 26.0 Å². The van der Waals surface area contributed by atoms with Gasteiger partial charge in [0.2, 0.25) is 0 Å². The highest BCUT2D eigenvalue weighted by Crippen LogP contribution is 2.14. The summed E-state index contributed by atoms with van der Waals surface area (Å²) in [5.74, 6) is 0.855. The lowest BCUT2D eigenvalue weighted by Gasteiger charge is -2.09. The quantitative estimate of drug-likeness (QED) is 0.539. The van der Waals surface area contributed by atoms with Crippen molar-refractivity contribution in [3.63, 3.8) is 0 Å². The van der Waals surface area contributed by atoms with Crippen LogP contribution >= 0.6 is 0 Å². The number of rotatable bonds is 1. The van der Waals surface area contributed by atoms with Crippen LogP contribution in [0.5, 0.6) is 5.75 Å². The van der Waals surface area contributed by atoms with E-state index in [0.717, 1.165) is 22.3 Å². The van der Waals surface area contributed by atoms with Crippen molar-refractivity contribution in [1.82, 2.24) is 0 Å². The van der Waals surface area contributed by atoms with Crippen LogP contribution in [0.4, 0.5) is 0 Å². The fourth-order valence-electron chi connectivity index (χ4n) is 1.07. The van der Waals surface area contributed by atoms with Crippen molar-refractivity contribution in [3.8, 4) is 5.75 Å². The van der Waals surface area contributed by atoms with Gasteiger partial charge in [-0.1, -0.05) is 17.1 Å². The molecule has 11 heavy (non-hydrogen) atoms. The van der Waals surface area contributed by atoms with E-state index in [2.05, 4.69) is 0 Å². The predicted molar refractivity (Wildman–Crippen MR) is 47.9 cm³/mol. The first-order valence-corrected chi connectivity index (χ1v) is 3.56. The lowest BCUT2D eigenvalue weighted by Crippen LogP contribution is -2.12. The molecule has 1 rings (SSSR count). The lowest BCUT2D eigenvalue weighted by atomic mass is 9.86. The van der Waals surface area contributed by atoms with Crippen LogP contribution in [0.3, 0.4) is 0 Å². The van der Waals surface area contributed by atoms with Crippen molar-refractivity contribution in [2.75, 3.05) is 7.11 Å². The second kappa shape index (κ2) is 2.99. The molecule has 0 N–H and O–H groups in total. The van der Waals surface area contributed by atoms with Gasteiger partial charge in [0.15, 0.2) is 0 Å². The Hall–Kier alpha value is -0.915. The highest BCUT2D eigenvalue weighted by Gasteiger charge is 2.01. The zero-order chi connectivity index (χ0) is 8.43. The fourth-order valence-corrected chi connectivity index (χ4v) is 1.07. The van der Waals surface area contributed by atoms with Crippen LogP contribution in [0.15, 0.2) is 12.1 Å². The molecule has 0 saturated heterocycles. The Morgan fingerprint density at radius 3 is 2.45 bits per heavy atom. The third kappa shape index (κ3) is 1.39. The SMILES string of the molecule is [B]c1c(C)ccc(OC)c1C. The fraction of sp³-hybridized carbons (Fsp3) is 0.333. The highest BCUT2D eigenvalue weighted by molar-refractivity contribution is 6.34. The normalized spacial score (nSPS) is 9.73. The molecule has 0 atom stereocenters. The number of benzene rings is 1. The molecule has 1 aromatic rings. The van der Waals surface area contributed by atoms with E-state index in [1.165, 1.54) is 0 Å². The molecule has 2 heteroatoms. The smallest absolute Gasteiger partial charge is 0.121 e. The monoisotopic (exact) mass is 146 g/mol. The Bertz CT molecular complexity index is 269. The summed E-state index contributed by atoms with van der Waals surface area (Å²) >= 11 is 0. The van der Waals surface area contributed by atoms with Crippen molar-refractivity contribution >= 4 is 13.3 Å². The molecule has 0 fully saturated rings. The molecule has 0 aromatic heterocycles. The molecule has 0 bridgehead atoms. The minimum Gasteiger partial charge on any atom is -0.497 e.